The minimum absolute atomic E-state index is 0.0324. The lowest BCUT2D eigenvalue weighted by Gasteiger charge is -2.13. The van der Waals surface area contributed by atoms with E-state index in [0.717, 1.165) is 0 Å². The van der Waals surface area contributed by atoms with Crippen LogP contribution in [0.3, 0.4) is 0 Å². The number of nitrogens with zero attached hydrogens (tertiary/aromatic N) is 4. The standard InChI is InChI=1S/C7H11FN4O/c8-3-6-1-2-12(5-6)7(13)4-10-11-9/h6H,1-5H2/t6-/m0/s1. The van der Waals surface area contributed by atoms with Crippen LogP contribution in [0.25, 0.3) is 10.4 Å². The molecule has 1 saturated heterocycles. The van der Waals surface area contributed by atoms with Crippen molar-refractivity contribution in [3.63, 3.8) is 0 Å². The van der Waals surface area contributed by atoms with Gasteiger partial charge in [-0.3, -0.25) is 9.18 Å². The second-order valence-corrected chi connectivity index (χ2v) is 3.04. The Morgan fingerprint density at radius 2 is 2.54 bits per heavy atom. The van der Waals surface area contributed by atoms with Crippen molar-refractivity contribution in [1.29, 1.82) is 0 Å². The highest BCUT2D eigenvalue weighted by Gasteiger charge is 2.25. The van der Waals surface area contributed by atoms with Crippen molar-refractivity contribution in [2.24, 2.45) is 11.0 Å². The van der Waals surface area contributed by atoms with Crippen molar-refractivity contribution in [3.8, 4) is 0 Å². The van der Waals surface area contributed by atoms with Gasteiger partial charge in [-0.05, 0) is 12.0 Å². The summed E-state index contributed by atoms with van der Waals surface area (Å²) in [6.07, 6.45) is 0.707. The van der Waals surface area contributed by atoms with E-state index < -0.39 is 0 Å². The number of hydrogen-bond donors (Lipinski definition) is 0. The molecule has 6 heteroatoms. The zero-order valence-corrected chi connectivity index (χ0v) is 7.19. The predicted octanol–water partition coefficient (Wildman–Crippen LogP) is 1.11. The smallest absolute Gasteiger partial charge is 0.228 e. The van der Waals surface area contributed by atoms with E-state index in [1.807, 2.05) is 0 Å². The van der Waals surface area contributed by atoms with Crippen LogP contribution in [0.15, 0.2) is 5.11 Å². The van der Waals surface area contributed by atoms with Gasteiger partial charge in [-0.2, -0.15) is 0 Å². The third-order valence-electron chi connectivity index (χ3n) is 2.13. The number of alkyl halides is 1. The van der Waals surface area contributed by atoms with Crippen LogP contribution < -0.4 is 0 Å². The Bertz CT molecular complexity index is 239. The molecular formula is C7H11FN4O. The van der Waals surface area contributed by atoms with Gasteiger partial charge in [-0.1, -0.05) is 5.11 Å². The first-order chi connectivity index (χ1) is 6.27. The van der Waals surface area contributed by atoms with Crippen LogP contribution in [-0.2, 0) is 4.79 Å². The fraction of sp³-hybridized carbons (Fsp3) is 0.857. The van der Waals surface area contributed by atoms with Crippen molar-refractivity contribution >= 4 is 5.91 Å². The van der Waals surface area contributed by atoms with Crippen molar-refractivity contribution in [2.45, 2.75) is 6.42 Å². The maximum Gasteiger partial charge on any atom is 0.228 e. The zero-order valence-electron chi connectivity index (χ0n) is 7.19. The van der Waals surface area contributed by atoms with Gasteiger partial charge in [-0.25, -0.2) is 0 Å². The maximum atomic E-state index is 12.2. The minimum atomic E-state index is -0.384. The largest absolute Gasteiger partial charge is 0.342 e. The summed E-state index contributed by atoms with van der Waals surface area (Å²) in [6.45, 7) is 0.492. The number of carbonyl (C=O) groups excluding carboxylic acids is 1. The Balaban J connectivity index is 2.37. The molecule has 0 aliphatic carbocycles. The van der Waals surface area contributed by atoms with Gasteiger partial charge in [0.2, 0.25) is 5.91 Å². The second kappa shape index (κ2) is 4.67. The van der Waals surface area contributed by atoms with Gasteiger partial charge in [0.25, 0.3) is 0 Å². The molecule has 0 aromatic heterocycles. The molecule has 0 aromatic carbocycles. The van der Waals surface area contributed by atoms with Gasteiger partial charge in [0, 0.05) is 23.9 Å². The van der Waals surface area contributed by atoms with E-state index in [2.05, 4.69) is 10.0 Å². The number of hydrogen-bond acceptors (Lipinski definition) is 2. The van der Waals surface area contributed by atoms with Gasteiger partial charge < -0.3 is 4.90 Å². The SMILES string of the molecule is [N-]=[N+]=NCC(=O)N1CC[C@@H](CF)C1. The Kier molecular flexibility index (Phi) is 3.52. The molecule has 0 spiro atoms. The number of halogens is 1. The first-order valence-electron chi connectivity index (χ1n) is 4.12. The number of amides is 1. The fourth-order valence-corrected chi connectivity index (χ4v) is 1.38. The third kappa shape index (κ3) is 2.59. The van der Waals surface area contributed by atoms with Crippen LogP contribution in [0.1, 0.15) is 6.42 Å². The molecular weight excluding hydrogens is 175 g/mol. The van der Waals surface area contributed by atoms with E-state index in [4.69, 9.17) is 5.53 Å². The van der Waals surface area contributed by atoms with Gasteiger partial charge in [-0.15, -0.1) is 0 Å². The third-order valence-corrected chi connectivity index (χ3v) is 2.13. The van der Waals surface area contributed by atoms with E-state index in [1.165, 1.54) is 0 Å². The molecule has 0 bridgehead atoms. The summed E-state index contributed by atoms with van der Waals surface area (Å²) in [5.74, 6) is -0.247. The summed E-state index contributed by atoms with van der Waals surface area (Å²) in [5, 5.41) is 3.16. The van der Waals surface area contributed by atoms with Crippen molar-refractivity contribution < 1.29 is 9.18 Å². The van der Waals surface area contributed by atoms with Crippen LogP contribution in [0, 0.1) is 5.92 Å². The molecule has 5 nitrogen and oxygen atoms in total. The molecule has 1 rings (SSSR count). The average molecular weight is 186 g/mol. The molecule has 1 atom stereocenters. The number of rotatable bonds is 3. The molecule has 0 saturated carbocycles. The normalized spacial score (nSPS) is 21.3. The molecule has 1 aliphatic rings. The van der Waals surface area contributed by atoms with Crippen LogP contribution in [0.5, 0.6) is 0 Å². The predicted molar refractivity (Wildman–Crippen MR) is 44.7 cm³/mol. The van der Waals surface area contributed by atoms with Crippen molar-refractivity contribution in [2.75, 3.05) is 26.3 Å². The topological polar surface area (TPSA) is 69.1 Å². The average Bonchev–Trinajstić information content (AvgIpc) is 2.62. The highest BCUT2D eigenvalue weighted by Crippen LogP contribution is 2.16. The second-order valence-electron chi connectivity index (χ2n) is 3.04. The molecule has 0 aromatic rings. The molecule has 1 heterocycles. The number of azide groups is 1. The molecule has 72 valence electrons. The molecule has 0 N–H and O–H groups in total. The van der Waals surface area contributed by atoms with E-state index in [1.54, 1.807) is 4.90 Å². The first kappa shape index (κ1) is 9.80. The molecule has 0 radical (unpaired) electrons. The Morgan fingerprint density at radius 3 is 3.08 bits per heavy atom. The zero-order chi connectivity index (χ0) is 9.68. The summed E-state index contributed by atoms with van der Waals surface area (Å²) < 4.78 is 12.2. The highest BCUT2D eigenvalue weighted by molar-refractivity contribution is 5.78. The van der Waals surface area contributed by atoms with Crippen LogP contribution >= 0.6 is 0 Å². The summed E-state index contributed by atoms with van der Waals surface area (Å²) in [6, 6.07) is 0. The van der Waals surface area contributed by atoms with E-state index in [0.29, 0.717) is 19.5 Å². The number of likely N-dealkylation sites (tertiary alicyclic amines) is 1. The van der Waals surface area contributed by atoms with Gasteiger partial charge in [0.1, 0.15) is 6.54 Å². The lowest BCUT2D eigenvalue weighted by molar-refractivity contribution is -0.128. The summed E-state index contributed by atoms with van der Waals surface area (Å²) in [5.41, 5.74) is 7.98. The van der Waals surface area contributed by atoms with Crippen molar-refractivity contribution in [1.82, 2.24) is 4.90 Å². The maximum absolute atomic E-state index is 12.2. The minimum Gasteiger partial charge on any atom is -0.342 e. The Labute approximate surface area is 75.1 Å². The lowest BCUT2D eigenvalue weighted by Crippen LogP contribution is -2.30. The highest BCUT2D eigenvalue weighted by atomic mass is 19.1. The summed E-state index contributed by atoms with van der Waals surface area (Å²) in [4.78, 5) is 15.2. The van der Waals surface area contributed by atoms with Crippen LogP contribution in [0.4, 0.5) is 4.39 Å². The van der Waals surface area contributed by atoms with E-state index in [9.17, 15) is 9.18 Å². The van der Waals surface area contributed by atoms with E-state index >= 15 is 0 Å². The molecule has 0 unspecified atom stereocenters. The fourth-order valence-electron chi connectivity index (χ4n) is 1.38. The van der Waals surface area contributed by atoms with Gasteiger partial charge >= 0.3 is 0 Å². The molecule has 1 amide bonds. The molecule has 1 fully saturated rings. The molecule has 1 aliphatic heterocycles. The lowest BCUT2D eigenvalue weighted by atomic mass is 10.1. The van der Waals surface area contributed by atoms with E-state index in [-0.39, 0.29) is 25.0 Å². The van der Waals surface area contributed by atoms with Crippen molar-refractivity contribution in [3.05, 3.63) is 10.4 Å². The van der Waals surface area contributed by atoms with Gasteiger partial charge in [0.05, 0.1) is 6.67 Å². The first-order valence-corrected chi connectivity index (χ1v) is 4.12. The summed E-state index contributed by atoms with van der Waals surface area (Å²) in [7, 11) is 0. The molecule has 13 heavy (non-hydrogen) atoms. The Hall–Kier alpha value is -1.29. The summed E-state index contributed by atoms with van der Waals surface area (Å²) >= 11 is 0. The van der Waals surface area contributed by atoms with Crippen LogP contribution in [-0.4, -0.2) is 37.1 Å². The quantitative estimate of drug-likeness (QED) is 0.370. The monoisotopic (exact) mass is 186 g/mol. The number of carbonyl (C=O) groups is 1. The Morgan fingerprint density at radius 1 is 1.77 bits per heavy atom. The van der Waals surface area contributed by atoms with Crippen LogP contribution in [0.2, 0.25) is 0 Å². The van der Waals surface area contributed by atoms with Gasteiger partial charge in [0.15, 0.2) is 0 Å².